The summed E-state index contributed by atoms with van der Waals surface area (Å²) in [7, 11) is 0. The van der Waals surface area contributed by atoms with Crippen LogP contribution in [0.3, 0.4) is 0 Å². The van der Waals surface area contributed by atoms with Gasteiger partial charge in [0, 0.05) is 19.6 Å². The van der Waals surface area contributed by atoms with E-state index in [-0.39, 0.29) is 6.03 Å². The van der Waals surface area contributed by atoms with Crippen LogP contribution in [0.1, 0.15) is 40.0 Å². The van der Waals surface area contributed by atoms with E-state index in [1.807, 2.05) is 20.8 Å². The van der Waals surface area contributed by atoms with Crippen molar-refractivity contribution in [1.29, 1.82) is 0 Å². The van der Waals surface area contributed by atoms with E-state index in [0.717, 1.165) is 12.8 Å². The highest BCUT2D eigenvalue weighted by Gasteiger charge is 2.36. The van der Waals surface area contributed by atoms with Crippen LogP contribution in [0.4, 0.5) is 4.79 Å². The molecule has 0 radical (unpaired) electrons. The first kappa shape index (κ1) is 14.8. The number of hydrogen-bond acceptors (Lipinski definition) is 2. The van der Waals surface area contributed by atoms with Crippen LogP contribution < -0.4 is 0 Å². The number of carbonyl (C=O) groups is 2. The third-order valence-corrected chi connectivity index (χ3v) is 3.54. The molecule has 1 saturated heterocycles. The lowest BCUT2D eigenvalue weighted by Crippen LogP contribution is -2.54. The number of likely N-dealkylation sites (tertiary alicyclic amines) is 1. The average Bonchev–Trinajstić information content (AvgIpc) is 2.35. The van der Waals surface area contributed by atoms with Gasteiger partial charge in [-0.15, -0.1) is 0 Å². The Balaban J connectivity index is 2.77. The normalized spacial score (nSPS) is 23.8. The fourth-order valence-electron chi connectivity index (χ4n) is 2.45. The second kappa shape index (κ2) is 6.61. The molecule has 2 atom stereocenters. The molecule has 0 bridgehead atoms. The Hall–Kier alpha value is -1.26. The standard InChI is InChI=1S/C13H24N2O3/c1-4-7-14(5-2)13(18)15-8-6-10(3)9-11(15)12(16)17/h10-11H,4-9H2,1-3H3,(H,16,17). The van der Waals surface area contributed by atoms with Gasteiger partial charge in [-0.05, 0) is 32.1 Å². The largest absolute Gasteiger partial charge is 0.480 e. The fourth-order valence-corrected chi connectivity index (χ4v) is 2.45. The average molecular weight is 256 g/mol. The highest BCUT2D eigenvalue weighted by Crippen LogP contribution is 2.23. The van der Waals surface area contributed by atoms with Gasteiger partial charge in [0.25, 0.3) is 0 Å². The molecule has 1 heterocycles. The summed E-state index contributed by atoms with van der Waals surface area (Å²) in [6, 6.07) is -0.786. The van der Waals surface area contributed by atoms with Crippen molar-refractivity contribution in [3.8, 4) is 0 Å². The molecule has 0 aliphatic carbocycles. The Morgan fingerprint density at radius 3 is 2.56 bits per heavy atom. The molecular weight excluding hydrogens is 232 g/mol. The molecule has 0 saturated carbocycles. The van der Waals surface area contributed by atoms with Gasteiger partial charge in [0.1, 0.15) is 6.04 Å². The topological polar surface area (TPSA) is 60.9 Å². The van der Waals surface area contributed by atoms with E-state index < -0.39 is 12.0 Å². The van der Waals surface area contributed by atoms with Gasteiger partial charge in [0.05, 0.1) is 0 Å². The molecule has 0 aromatic carbocycles. The lowest BCUT2D eigenvalue weighted by molar-refractivity contribution is -0.144. The molecule has 5 heteroatoms. The Bertz CT molecular complexity index is 307. The van der Waals surface area contributed by atoms with E-state index in [9.17, 15) is 14.7 Å². The van der Waals surface area contributed by atoms with Gasteiger partial charge in [0.15, 0.2) is 0 Å². The number of amides is 2. The quantitative estimate of drug-likeness (QED) is 0.837. The molecule has 2 unspecified atom stereocenters. The van der Waals surface area contributed by atoms with Gasteiger partial charge in [-0.1, -0.05) is 13.8 Å². The van der Waals surface area contributed by atoms with Crippen molar-refractivity contribution >= 4 is 12.0 Å². The highest BCUT2D eigenvalue weighted by atomic mass is 16.4. The molecule has 5 nitrogen and oxygen atoms in total. The maximum atomic E-state index is 12.3. The number of hydrogen-bond donors (Lipinski definition) is 1. The first-order chi connectivity index (χ1) is 8.51. The Morgan fingerprint density at radius 1 is 1.39 bits per heavy atom. The van der Waals surface area contributed by atoms with Crippen LogP contribution in [0.15, 0.2) is 0 Å². The summed E-state index contributed by atoms with van der Waals surface area (Å²) in [4.78, 5) is 26.9. The van der Waals surface area contributed by atoms with Gasteiger partial charge in [-0.2, -0.15) is 0 Å². The number of nitrogens with zero attached hydrogens (tertiary/aromatic N) is 2. The van der Waals surface area contributed by atoms with Gasteiger partial charge >= 0.3 is 12.0 Å². The summed E-state index contributed by atoms with van der Waals surface area (Å²) in [5.74, 6) is -0.515. The molecule has 0 aromatic rings. The first-order valence-electron chi connectivity index (χ1n) is 6.79. The van der Waals surface area contributed by atoms with E-state index in [1.54, 1.807) is 4.90 Å². The third-order valence-electron chi connectivity index (χ3n) is 3.54. The molecule has 1 N–H and O–H groups in total. The zero-order chi connectivity index (χ0) is 13.7. The fraction of sp³-hybridized carbons (Fsp3) is 0.846. The second-order valence-electron chi connectivity index (χ2n) is 5.04. The van der Waals surface area contributed by atoms with Crippen LogP contribution >= 0.6 is 0 Å². The number of carboxylic acid groups (broad SMARTS) is 1. The molecule has 1 aliphatic rings. The Kier molecular flexibility index (Phi) is 5.44. The lowest BCUT2D eigenvalue weighted by Gasteiger charge is -2.38. The SMILES string of the molecule is CCCN(CC)C(=O)N1CCC(C)CC1C(=O)O. The molecule has 1 aliphatic heterocycles. The van der Waals surface area contributed by atoms with Crippen LogP contribution in [-0.2, 0) is 4.79 Å². The maximum Gasteiger partial charge on any atom is 0.326 e. The molecular formula is C13H24N2O3. The summed E-state index contributed by atoms with van der Waals surface area (Å²) in [5, 5.41) is 9.25. The highest BCUT2D eigenvalue weighted by molar-refractivity contribution is 5.83. The van der Waals surface area contributed by atoms with Crippen LogP contribution in [0.5, 0.6) is 0 Å². The molecule has 104 valence electrons. The van der Waals surface area contributed by atoms with Crippen molar-refractivity contribution < 1.29 is 14.7 Å². The summed E-state index contributed by atoms with van der Waals surface area (Å²) in [6.45, 7) is 7.86. The Labute approximate surface area is 109 Å². The molecule has 0 aromatic heterocycles. The minimum absolute atomic E-state index is 0.126. The summed E-state index contributed by atoms with van der Waals surface area (Å²) >= 11 is 0. The van der Waals surface area contributed by atoms with Crippen LogP contribution in [0.25, 0.3) is 0 Å². The van der Waals surface area contributed by atoms with Crippen molar-refractivity contribution in [2.24, 2.45) is 5.92 Å². The summed E-state index contributed by atoms with van der Waals surface area (Å²) < 4.78 is 0. The van der Waals surface area contributed by atoms with Crippen molar-refractivity contribution in [2.75, 3.05) is 19.6 Å². The van der Waals surface area contributed by atoms with Crippen molar-refractivity contribution in [1.82, 2.24) is 9.80 Å². The molecule has 0 spiro atoms. The van der Waals surface area contributed by atoms with Crippen molar-refractivity contribution in [2.45, 2.75) is 46.1 Å². The number of carbonyl (C=O) groups excluding carboxylic acids is 1. The van der Waals surface area contributed by atoms with Gasteiger partial charge in [-0.3, -0.25) is 0 Å². The number of urea groups is 1. The van der Waals surface area contributed by atoms with Crippen LogP contribution in [0.2, 0.25) is 0 Å². The van der Waals surface area contributed by atoms with E-state index in [4.69, 9.17) is 0 Å². The lowest BCUT2D eigenvalue weighted by atomic mass is 9.92. The second-order valence-corrected chi connectivity index (χ2v) is 5.04. The Morgan fingerprint density at radius 2 is 2.06 bits per heavy atom. The van der Waals surface area contributed by atoms with E-state index in [2.05, 4.69) is 0 Å². The molecule has 2 amide bonds. The monoisotopic (exact) mass is 256 g/mol. The van der Waals surface area contributed by atoms with E-state index >= 15 is 0 Å². The van der Waals surface area contributed by atoms with Crippen molar-refractivity contribution in [3.05, 3.63) is 0 Å². The number of aliphatic carboxylic acids is 1. The number of carboxylic acids is 1. The maximum absolute atomic E-state index is 12.3. The van der Waals surface area contributed by atoms with Crippen LogP contribution in [-0.4, -0.2) is 52.6 Å². The zero-order valence-electron chi connectivity index (χ0n) is 11.6. The molecule has 1 fully saturated rings. The van der Waals surface area contributed by atoms with Gasteiger partial charge in [0.2, 0.25) is 0 Å². The zero-order valence-corrected chi connectivity index (χ0v) is 11.6. The third kappa shape index (κ3) is 3.37. The van der Waals surface area contributed by atoms with Gasteiger partial charge in [-0.25, -0.2) is 9.59 Å². The number of rotatable bonds is 4. The van der Waals surface area contributed by atoms with Crippen molar-refractivity contribution in [3.63, 3.8) is 0 Å². The summed E-state index contributed by atoms with van der Waals surface area (Å²) in [6.07, 6.45) is 2.34. The first-order valence-corrected chi connectivity index (χ1v) is 6.79. The number of piperidine rings is 1. The minimum atomic E-state index is -0.887. The predicted octanol–water partition coefficient (Wildman–Crippen LogP) is 2.02. The smallest absolute Gasteiger partial charge is 0.326 e. The predicted molar refractivity (Wildman–Crippen MR) is 69.5 cm³/mol. The van der Waals surface area contributed by atoms with E-state index in [1.165, 1.54) is 4.90 Å². The molecule has 1 rings (SSSR count). The van der Waals surface area contributed by atoms with Gasteiger partial charge < -0.3 is 14.9 Å². The molecule has 18 heavy (non-hydrogen) atoms. The van der Waals surface area contributed by atoms with Crippen LogP contribution in [0, 0.1) is 5.92 Å². The minimum Gasteiger partial charge on any atom is -0.480 e. The summed E-state index contributed by atoms with van der Waals surface area (Å²) in [5.41, 5.74) is 0. The van der Waals surface area contributed by atoms with E-state index in [0.29, 0.717) is 32.0 Å².